The first-order valence-corrected chi connectivity index (χ1v) is 6.59. The molecule has 2 rings (SSSR count). The fraction of sp³-hybridized carbons (Fsp3) is 0.769. The Hall–Kier alpha value is -0.870. The van der Waals surface area contributed by atoms with Gasteiger partial charge in [-0.1, -0.05) is 19.3 Å². The van der Waals surface area contributed by atoms with Gasteiger partial charge in [-0.3, -0.25) is 0 Å². The lowest BCUT2D eigenvalue weighted by molar-refractivity contribution is 0.0786. The Balaban J connectivity index is 1.87. The van der Waals surface area contributed by atoms with Gasteiger partial charge in [0.15, 0.2) is 0 Å². The van der Waals surface area contributed by atoms with Crippen molar-refractivity contribution in [3.63, 3.8) is 0 Å². The summed E-state index contributed by atoms with van der Waals surface area (Å²) >= 11 is 0. The molecule has 0 radical (unpaired) electrons. The van der Waals surface area contributed by atoms with Crippen LogP contribution in [0.1, 0.15) is 50.9 Å². The van der Waals surface area contributed by atoms with Crippen molar-refractivity contribution in [2.24, 2.45) is 5.41 Å². The molecule has 1 heterocycles. The van der Waals surface area contributed by atoms with Gasteiger partial charge in [-0.15, -0.1) is 0 Å². The molecule has 1 aromatic rings. The quantitative estimate of drug-likeness (QED) is 0.734. The second kappa shape index (κ2) is 5.65. The molecular formula is C13H23N3O. The summed E-state index contributed by atoms with van der Waals surface area (Å²) in [6.07, 6.45) is 9.71. The molecule has 1 unspecified atom stereocenters. The highest BCUT2D eigenvalue weighted by molar-refractivity contribution is 4.95. The molecule has 1 fully saturated rings. The van der Waals surface area contributed by atoms with Crippen LogP contribution in [0.2, 0.25) is 0 Å². The number of H-pyrrole nitrogens is 1. The zero-order chi connectivity index (χ0) is 12.1. The first kappa shape index (κ1) is 12.6. The minimum Gasteiger partial charge on any atom is -0.396 e. The third-order valence-electron chi connectivity index (χ3n) is 3.96. The molecule has 0 aromatic carbocycles. The van der Waals surface area contributed by atoms with Crippen molar-refractivity contribution in [3.8, 4) is 0 Å². The number of nitrogens with one attached hydrogen (secondary N) is 2. The van der Waals surface area contributed by atoms with Gasteiger partial charge in [0, 0.05) is 31.0 Å². The number of aliphatic hydroxyl groups is 1. The van der Waals surface area contributed by atoms with Crippen LogP contribution in [0.25, 0.3) is 0 Å². The SMILES string of the molecule is CC(NCC1(CO)CCCCC1)c1ncc[nH]1. The van der Waals surface area contributed by atoms with Crippen molar-refractivity contribution in [3.05, 3.63) is 18.2 Å². The number of aromatic amines is 1. The Morgan fingerprint density at radius 2 is 2.24 bits per heavy atom. The van der Waals surface area contributed by atoms with Crippen LogP contribution in [-0.2, 0) is 0 Å². The number of aromatic nitrogens is 2. The third-order valence-corrected chi connectivity index (χ3v) is 3.96. The highest BCUT2D eigenvalue weighted by Crippen LogP contribution is 2.35. The van der Waals surface area contributed by atoms with E-state index >= 15 is 0 Å². The van der Waals surface area contributed by atoms with Gasteiger partial charge in [0.05, 0.1) is 6.04 Å². The Bertz CT molecular complexity index is 317. The molecule has 1 saturated carbocycles. The lowest BCUT2D eigenvalue weighted by Crippen LogP contribution is -2.40. The average molecular weight is 237 g/mol. The molecule has 96 valence electrons. The Morgan fingerprint density at radius 1 is 1.47 bits per heavy atom. The van der Waals surface area contributed by atoms with Gasteiger partial charge >= 0.3 is 0 Å². The molecule has 0 bridgehead atoms. The first-order chi connectivity index (χ1) is 8.26. The van der Waals surface area contributed by atoms with E-state index in [0.29, 0.717) is 6.61 Å². The lowest BCUT2D eigenvalue weighted by Gasteiger charge is -2.36. The summed E-state index contributed by atoms with van der Waals surface area (Å²) in [6, 6.07) is 0.218. The minimum atomic E-state index is 0.0963. The fourth-order valence-electron chi connectivity index (χ4n) is 2.67. The van der Waals surface area contributed by atoms with E-state index in [1.165, 1.54) is 19.3 Å². The molecule has 0 aliphatic heterocycles. The van der Waals surface area contributed by atoms with Crippen LogP contribution in [0.3, 0.4) is 0 Å². The van der Waals surface area contributed by atoms with Crippen molar-refractivity contribution in [2.45, 2.75) is 45.1 Å². The van der Waals surface area contributed by atoms with Crippen molar-refractivity contribution in [1.29, 1.82) is 0 Å². The molecule has 1 aliphatic rings. The van der Waals surface area contributed by atoms with E-state index in [-0.39, 0.29) is 11.5 Å². The van der Waals surface area contributed by atoms with Crippen LogP contribution in [0.5, 0.6) is 0 Å². The van der Waals surface area contributed by atoms with Crippen LogP contribution in [0.15, 0.2) is 12.4 Å². The van der Waals surface area contributed by atoms with Gasteiger partial charge in [0.1, 0.15) is 5.82 Å². The average Bonchev–Trinajstić information content (AvgIpc) is 2.91. The molecule has 0 saturated heterocycles. The van der Waals surface area contributed by atoms with Gasteiger partial charge < -0.3 is 15.4 Å². The maximum Gasteiger partial charge on any atom is 0.122 e. The van der Waals surface area contributed by atoms with E-state index in [1.54, 1.807) is 6.20 Å². The number of aliphatic hydroxyl groups excluding tert-OH is 1. The molecule has 1 aromatic heterocycles. The molecule has 17 heavy (non-hydrogen) atoms. The minimum absolute atomic E-state index is 0.0963. The second-order valence-electron chi connectivity index (χ2n) is 5.30. The zero-order valence-electron chi connectivity index (χ0n) is 10.6. The third kappa shape index (κ3) is 3.07. The largest absolute Gasteiger partial charge is 0.396 e. The smallest absolute Gasteiger partial charge is 0.122 e. The Morgan fingerprint density at radius 3 is 2.82 bits per heavy atom. The highest BCUT2D eigenvalue weighted by atomic mass is 16.3. The fourth-order valence-corrected chi connectivity index (χ4v) is 2.67. The topological polar surface area (TPSA) is 60.9 Å². The summed E-state index contributed by atoms with van der Waals surface area (Å²) in [5, 5.41) is 13.1. The number of rotatable bonds is 5. The monoisotopic (exact) mass is 237 g/mol. The Kier molecular flexibility index (Phi) is 4.18. The second-order valence-corrected chi connectivity index (χ2v) is 5.30. The van der Waals surface area contributed by atoms with E-state index in [0.717, 1.165) is 25.2 Å². The van der Waals surface area contributed by atoms with Crippen molar-refractivity contribution in [2.75, 3.05) is 13.2 Å². The van der Waals surface area contributed by atoms with Gasteiger partial charge in [-0.25, -0.2) is 4.98 Å². The van der Waals surface area contributed by atoms with E-state index < -0.39 is 0 Å². The molecule has 4 nitrogen and oxygen atoms in total. The van der Waals surface area contributed by atoms with Gasteiger partial charge in [-0.05, 0) is 19.8 Å². The molecule has 4 heteroatoms. The molecule has 0 spiro atoms. The van der Waals surface area contributed by atoms with E-state index in [1.807, 2.05) is 6.20 Å². The number of hydrogen-bond acceptors (Lipinski definition) is 3. The van der Waals surface area contributed by atoms with Crippen molar-refractivity contribution >= 4 is 0 Å². The zero-order valence-corrected chi connectivity index (χ0v) is 10.6. The standard InChI is InChI=1S/C13H23N3O/c1-11(12-14-7-8-15-12)16-9-13(10-17)5-3-2-4-6-13/h7-8,11,16-17H,2-6,9-10H2,1H3,(H,14,15). The maximum absolute atomic E-state index is 9.62. The summed E-state index contributed by atoms with van der Waals surface area (Å²) in [5.41, 5.74) is 0.0963. The highest BCUT2D eigenvalue weighted by Gasteiger charge is 2.31. The van der Waals surface area contributed by atoms with Crippen LogP contribution in [0, 0.1) is 5.41 Å². The normalized spacial score (nSPS) is 21.3. The van der Waals surface area contributed by atoms with Gasteiger partial charge in [0.2, 0.25) is 0 Å². The molecule has 1 aliphatic carbocycles. The predicted molar refractivity (Wildman–Crippen MR) is 67.6 cm³/mol. The number of hydrogen-bond donors (Lipinski definition) is 3. The van der Waals surface area contributed by atoms with Crippen LogP contribution >= 0.6 is 0 Å². The first-order valence-electron chi connectivity index (χ1n) is 6.59. The Labute approximate surface area is 103 Å². The van der Waals surface area contributed by atoms with Crippen LogP contribution in [0.4, 0.5) is 0 Å². The molecule has 3 N–H and O–H groups in total. The summed E-state index contributed by atoms with van der Waals surface area (Å²) in [4.78, 5) is 7.37. The van der Waals surface area contributed by atoms with Crippen LogP contribution in [-0.4, -0.2) is 28.2 Å². The van der Waals surface area contributed by atoms with E-state index in [4.69, 9.17) is 0 Å². The lowest BCUT2D eigenvalue weighted by atomic mass is 9.74. The maximum atomic E-state index is 9.62. The van der Waals surface area contributed by atoms with Gasteiger partial charge in [0.25, 0.3) is 0 Å². The van der Waals surface area contributed by atoms with Gasteiger partial charge in [-0.2, -0.15) is 0 Å². The summed E-state index contributed by atoms with van der Waals surface area (Å²) in [7, 11) is 0. The molecule has 1 atom stereocenters. The van der Waals surface area contributed by atoms with Crippen molar-refractivity contribution < 1.29 is 5.11 Å². The predicted octanol–water partition coefficient (Wildman–Crippen LogP) is 2.00. The molecule has 0 amide bonds. The van der Waals surface area contributed by atoms with E-state index in [9.17, 15) is 5.11 Å². The summed E-state index contributed by atoms with van der Waals surface area (Å²) < 4.78 is 0. The van der Waals surface area contributed by atoms with E-state index in [2.05, 4.69) is 22.2 Å². The van der Waals surface area contributed by atoms with Crippen molar-refractivity contribution in [1.82, 2.24) is 15.3 Å². The number of nitrogens with zero attached hydrogens (tertiary/aromatic N) is 1. The van der Waals surface area contributed by atoms with Crippen LogP contribution < -0.4 is 5.32 Å². The summed E-state index contributed by atoms with van der Waals surface area (Å²) in [5.74, 6) is 0.967. The summed E-state index contributed by atoms with van der Waals surface area (Å²) in [6.45, 7) is 3.28. The molecular weight excluding hydrogens is 214 g/mol. The number of imidazole rings is 1.